The van der Waals surface area contributed by atoms with E-state index in [1.54, 1.807) is 10.9 Å². The molecule has 1 aromatic rings. The van der Waals surface area contributed by atoms with E-state index in [1.807, 2.05) is 27.7 Å². The van der Waals surface area contributed by atoms with Gasteiger partial charge in [-0.15, -0.1) is 0 Å². The van der Waals surface area contributed by atoms with Gasteiger partial charge >= 0.3 is 6.09 Å². The molecule has 4 aliphatic carbocycles. The number of rotatable bonds is 10. The molecule has 0 saturated heterocycles. The number of ether oxygens (including phenoxy) is 2. The summed E-state index contributed by atoms with van der Waals surface area (Å²) < 4.78 is 13.5. The highest BCUT2D eigenvalue weighted by Crippen LogP contribution is 2.59. The fourth-order valence-electron chi connectivity index (χ4n) is 6.98. The standard InChI is InChI=1S/C26H41N5O5/c1-16(2)14-35-22-20(13-28-31(22)7-6-24(4,5)29-17(3)32)21(33)30-25-9-18-8-19(10-25)12-26(11-18,15-25)36-23(27)34/h13,16,18-19H,6-12,14-15H2,1-5H3,(H2,27,34)(H,29,32)(H,30,33)/t18?,19?,25-,26-. The SMILES string of the molecule is CC(=O)NC(C)(C)CCn1ncc(C(=O)N[C@]23CC4CC(C2)C[C@](OC(N)=O)(C4)C3)c1OCC(C)C. The lowest BCUT2D eigenvalue weighted by Gasteiger charge is -2.61. The van der Waals surface area contributed by atoms with Crippen molar-refractivity contribution in [3.8, 4) is 5.88 Å². The topological polar surface area (TPSA) is 138 Å². The minimum atomic E-state index is -0.744. The summed E-state index contributed by atoms with van der Waals surface area (Å²) in [5.41, 5.74) is 4.37. The third-order valence-electron chi connectivity index (χ3n) is 7.76. The molecular weight excluding hydrogens is 462 g/mol. The Balaban J connectivity index is 1.53. The Morgan fingerprint density at radius 1 is 1.22 bits per heavy atom. The predicted octanol–water partition coefficient (Wildman–Crippen LogP) is 3.14. The number of carbonyl (C=O) groups excluding carboxylic acids is 3. The maximum Gasteiger partial charge on any atom is 0.405 e. The summed E-state index contributed by atoms with van der Waals surface area (Å²) in [5.74, 6) is 1.20. The second-order valence-electron chi connectivity index (χ2n) is 12.4. The van der Waals surface area contributed by atoms with Gasteiger partial charge in [-0.1, -0.05) is 13.8 Å². The van der Waals surface area contributed by atoms with E-state index in [-0.39, 0.29) is 17.7 Å². The summed E-state index contributed by atoms with van der Waals surface area (Å²) >= 11 is 0. The second kappa shape index (κ2) is 9.59. The molecule has 0 spiro atoms. The zero-order chi connectivity index (χ0) is 26.3. The van der Waals surface area contributed by atoms with E-state index in [2.05, 4.69) is 15.7 Å². The molecule has 10 nitrogen and oxygen atoms in total. The largest absolute Gasteiger partial charge is 0.477 e. The molecule has 1 heterocycles. The van der Waals surface area contributed by atoms with Gasteiger partial charge in [-0.05, 0) is 70.1 Å². The normalized spacial score (nSPS) is 28.7. The predicted molar refractivity (Wildman–Crippen MR) is 133 cm³/mol. The van der Waals surface area contributed by atoms with Gasteiger partial charge in [0.15, 0.2) is 0 Å². The fraction of sp³-hybridized carbons (Fsp3) is 0.769. The summed E-state index contributed by atoms with van der Waals surface area (Å²) in [6.07, 6.45) is 6.51. The van der Waals surface area contributed by atoms with Crippen LogP contribution in [0, 0.1) is 17.8 Å². The number of hydrogen-bond donors (Lipinski definition) is 3. The minimum absolute atomic E-state index is 0.0922. The summed E-state index contributed by atoms with van der Waals surface area (Å²) in [6, 6.07) is 0. The van der Waals surface area contributed by atoms with E-state index in [9.17, 15) is 14.4 Å². The lowest BCUT2D eigenvalue weighted by Crippen LogP contribution is -2.66. The summed E-state index contributed by atoms with van der Waals surface area (Å²) in [4.78, 5) is 36.9. The van der Waals surface area contributed by atoms with Crippen LogP contribution in [0.15, 0.2) is 6.20 Å². The third-order valence-corrected chi connectivity index (χ3v) is 7.76. The lowest BCUT2D eigenvalue weighted by molar-refractivity contribution is -0.139. The molecule has 0 aromatic carbocycles. The van der Waals surface area contributed by atoms with Gasteiger partial charge in [-0.25, -0.2) is 9.48 Å². The number of amides is 3. The molecule has 4 N–H and O–H groups in total. The number of aromatic nitrogens is 2. The zero-order valence-electron chi connectivity index (χ0n) is 22.2. The van der Waals surface area contributed by atoms with Crippen molar-refractivity contribution in [1.29, 1.82) is 0 Å². The van der Waals surface area contributed by atoms with E-state index in [1.165, 1.54) is 6.92 Å². The van der Waals surface area contributed by atoms with E-state index < -0.39 is 22.8 Å². The van der Waals surface area contributed by atoms with Crippen LogP contribution in [0.1, 0.15) is 89.9 Å². The van der Waals surface area contributed by atoms with Gasteiger partial charge in [0, 0.05) is 31.0 Å². The molecule has 4 fully saturated rings. The van der Waals surface area contributed by atoms with Crippen molar-refractivity contribution in [3.63, 3.8) is 0 Å². The molecular formula is C26H41N5O5. The van der Waals surface area contributed by atoms with Crippen LogP contribution in [0.2, 0.25) is 0 Å². The third kappa shape index (κ3) is 5.78. The highest BCUT2D eigenvalue weighted by molar-refractivity contribution is 5.96. The first kappa shape index (κ1) is 26.3. The van der Waals surface area contributed by atoms with Gasteiger partial charge in [0.2, 0.25) is 11.8 Å². The minimum Gasteiger partial charge on any atom is -0.477 e. The number of aryl methyl sites for hydroxylation is 1. The first-order chi connectivity index (χ1) is 16.8. The highest BCUT2D eigenvalue weighted by Gasteiger charge is 2.60. The van der Waals surface area contributed by atoms with Gasteiger partial charge in [0.1, 0.15) is 11.2 Å². The highest BCUT2D eigenvalue weighted by atomic mass is 16.6. The van der Waals surface area contributed by atoms with Gasteiger partial charge in [0.05, 0.1) is 12.8 Å². The average Bonchev–Trinajstić information content (AvgIpc) is 3.10. The van der Waals surface area contributed by atoms with Crippen LogP contribution in [0.3, 0.4) is 0 Å². The molecule has 36 heavy (non-hydrogen) atoms. The lowest BCUT2D eigenvalue weighted by atomic mass is 9.51. The smallest absolute Gasteiger partial charge is 0.405 e. The van der Waals surface area contributed by atoms with E-state index >= 15 is 0 Å². The van der Waals surface area contributed by atoms with E-state index in [4.69, 9.17) is 15.2 Å². The molecule has 10 heteroatoms. The molecule has 3 amide bonds. The van der Waals surface area contributed by atoms with Gasteiger partial charge in [0.25, 0.3) is 5.91 Å². The average molecular weight is 504 g/mol. The van der Waals surface area contributed by atoms with E-state index in [0.29, 0.717) is 49.3 Å². The van der Waals surface area contributed by atoms with Crippen molar-refractivity contribution >= 4 is 17.9 Å². The number of carbonyl (C=O) groups is 3. The van der Waals surface area contributed by atoms with Crippen LogP contribution < -0.4 is 21.1 Å². The molecule has 2 atom stereocenters. The first-order valence-corrected chi connectivity index (χ1v) is 13.1. The van der Waals surface area contributed by atoms with Crippen molar-refractivity contribution in [2.45, 2.75) is 103 Å². The molecule has 1 aromatic heterocycles. The van der Waals surface area contributed by atoms with Crippen molar-refractivity contribution in [2.75, 3.05) is 6.61 Å². The Hall–Kier alpha value is -2.78. The molecule has 0 radical (unpaired) electrons. The second-order valence-corrected chi connectivity index (χ2v) is 12.4. The van der Waals surface area contributed by atoms with Crippen LogP contribution in [0.4, 0.5) is 4.79 Å². The number of nitrogens with zero attached hydrogens (tertiary/aromatic N) is 2. The molecule has 5 rings (SSSR count). The number of nitrogens with one attached hydrogen (secondary N) is 2. The Morgan fingerprint density at radius 2 is 1.89 bits per heavy atom. The van der Waals surface area contributed by atoms with Gasteiger partial charge in [-0.2, -0.15) is 5.10 Å². The fourth-order valence-corrected chi connectivity index (χ4v) is 6.98. The first-order valence-electron chi connectivity index (χ1n) is 13.1. The molecule has 2 unspecified atom stereocenters. The Morgan fingerprint density at radius 3 is 2.47 bits per heavy atom. The summed E-state index contributed by atoms with van der Waals surface area (Å²) in [6.45, 7) is 10.4. The Bertz CT molecular complexity index is 1000. The molecule has 0 aliphatic heterocycles. The van der Waals surface area contributed by atoms with Gasteiger partial charge < -0.3 is 25.8 Å². The Labute approximate surface area is 213 Å². The maximum absolute atomic E-state index is 13.6. The number of hydrogen-bond acceptors (Lipinski definition) is 6. The zero-order valence-corrected chi connectivity index (χ0v) is 22.2. The molecule has 4 saturated carbocycles. The summed E-state index contributed by atoms with van der Waals surface area (Å²) in [5, 5.41) is 10.7. The molecule has 200 valence electrons. The van der Waals surface area contributed by atoms with Gasteiger partial charge in [-0.3, -0.25) is 9.59 Å². The number of nitrogens with two attached hydrogens (primary N) is 1. The van der Waals surface area contributed by atoms with Crippen molar-refractivity contribution in [2.24, 2.45) is 23.5 Å². The van der Waals surface area contributed by atoms with Crippen LogP contribution in [-0.4, -0.2) is 51.0 Å². The quantitative estimate of drug-likeness (QED) is 0.448. The summed E-state index contributed by atoms with van der Waals surface area (Å²) in [7, 11) is 0. The molecule has 4 aliphatic rings. The van der Waals surface area contributed by atoms with Crippen LogP contribution in [0.5, 0.6) is 5.88 Å². The monoisotopic (exact) mass is 503 g/mol. The number of primary amides is 1. The van der Waals surface area contributed by atoms with Crippen molar-refractivity contribution < 1.29 is 23.9 Å². The molecule has 4 bridgehead atoms. The Kier molecular flexibility index (Phi) is 7.00. The van der Waals surface area contributed by atoms with Crippen LogP contribution in [-0.2, 0) is 16.1 Å². The van der Waals surface area contributed by atoms with E-state index in [0.717, 1.165) is 32.1 Å². The van der Waals surface area contributed by atoms with Crippen molar-refractivity contribution in [3.05, 3.63) is 11.8 Å². The van der Waals surface area contributed by atoms with Crippen molar-refractivity contribution in [1.82, 2.24) is 20.4 Å². The van der Waals surface area contributed by atoms with Crippen LogP contribution in [0.25, 0.3) is 0 Å². The maximum atomic E-state index is 13.6. The van der Waals surface area contributed by atoms with Crippen LogP contribution >= 0.6 is 0 Å².